The Balaban J connectivity index is 1.91. The number of carbonyl (C=O) groups is 1. The second-order valence-electron chi connectivity index (χ2n) is 4.54. The monoisotopic (exact) mass is 269 g/mol. The summed E-state index contributed by atoms with van der Waals surface area (Å²) in [5.41, 5.74) is 3.07. The molecule has 0 fully saturated rings. The molecule has 0 aliphatic rings. The minimum absolute atomic E-state index is 0.0743. The van der Waals surface area contributed by atoms with Crippen LogP contribution in [0.5, 0.6) is 0 Å². The number of nitrogens with zero attached hydrogens (tertiary/aromatic N) is 2. The van der Waals surface area contributed by atoms with Gasteiger partial charge in [0.2, 0.25) is 5.91 Å². The average molecular weight is 269 g/mol. The van der Waals surface area contributed by atoms with Crippen LogP contribution in [0, 0.1) is 25.2 Å². The Hall–Kier alpha value is -2.61. The number of hydrogen-bond donors (Lipinski definition) is 1. The molecule has 0 spiro atoms. The highest BCUT2D eigenvalue weighted by Gasteiger charge is 2.11. The Morgan fingerprint density at radius 3 is 2.60 bits per heavy atom. The van der Waals surface area contributed by atoms with Crippen molar-refractivity contribution in [3.63, 3.8) is 0 Å². The maximum Gasteiger partial charge on any atom is 0.224 e. The number of benzene rings is 1. The molecule has 20 heavy (non-hydrogen) atoms. The van der Waals surface area contributed by atoms with Crippen LogP contribution in [0.4, 0.5) is 5.69 Å². The van der Waals surface area contributed by atoms with E-state index in [1.807, 2.05) is 19.9 Å². The molecule has 2 rings (SSSR count). The summed E-state index contributed by atoms with van der Waals surface area (Å²) in [5.74, 6) is 0.684. The smallest absolute Gasteiger partial charge is 0.224 e. The third-order valence-corrected chi connectivity index (χ3v) is 3.08. The fraction of sp³-hybridized carbons (Fsp3) is 0.267. The standard InChI is InChI=1S/C15H15N3O2/c1-10-14(11(2)20-18-10)7-8-15(19)17-13-5-3-12(9-16)4-6-13/h3-6H,7-8H2,1-2H3,(H,17,19). The Bertz CT molecular complexity index is 631. The Morgan fingerprint density at radius 2 is 2.05 bits per heavy atom. The van der Waals surface area contributed by atoms with Gasteiger partial charge in [0, 0.05) is 17.7 Å². The number of nitriles is 1. The lowest BCUT2D eigenvalue weighted by Crippen LogP contribution is -2.12. The summed E-state index contributed by atoms with van der Waals surface area (Å²) < 4.78 is 5.06. The quantitative estimate of drug-likeness (QED) is 0.925. The second kappa shape index (κ2) is 6.02. The number of amides is 1. The summed E-state index contributed by atoms with van der Waals surface area (Å²) in [6.45, 7) is 3.71. The van der Waals surface area contributed by atoms with Crippen LogP contribution in [-0.4, -0.2) is 11.1 Å². The lowest BCUT2D eigenvalue weighted by atomic mass is 10.1. The molecule has 0 atom stereocenters. The molecule has 2 aromatic rings. The number of anilines is 1. The molecular weight excluding hydrogens is 254 g/mol. The first-order chi connectivity index (χ1) is 9.60. The molecular formula is C15H15N3O2. The predicted octanol–water partition coefficient (Wildman–Crippen LogP) is 2.73. The molecule has 5 heteroatoms. The zero-order chi connectivity index (χ0) is 14.5. The minimum atomic E-state index is -0.0743. The zero-order valence-electron chi connectivity index (χ0n) is 11.4. The number of hydrogen-bond acceptors (Lipinski definition) is 4. The van der Waals surface area contributed by atoms with Crippen molar-refractivity contribution < 1.29 is 9.32 Å². The summed E-state index contributed by atoms with van der Waals surface area (Å²) >= 11 is 0. The third kappa shape index (κ3) is 3.23. The van der Waals surface area contributed by atoms with Crippen LogP contribution in [0.15, 0.2) is 28.8 Å². The van der Waals surface area contributed by atoms with Crippen LogP contribution in [-0.2, 0) is 11.2 Å². The summed E-state index contributed by atoms with van der Waals surface area (Å²) in [7, 11) is 0. The topological polar surface area (TPSA) is 78.9 Å². The van der Waals surface area contributed by atoms with Crippen molar-refractivity contribution in [2.75, 3.05) is 5.32 Å². The van der Waals surface area contributed by atoms with Gasteiger partial charge in [-0.05, 0) is 44.5 Å². The van der Waals surface area contributed by atoms with Gasteiger partial charge in [0.05, 0.1) is 17.3 Å². The molecule has 5 nitrogen and oxygen atoms in total. The van der Waals surface area contributed by atoms with E-state index in [2.05, 4.69) is 10.5 Å². The van der Waals surface area contributed by atoms with Gasteiger partial charge in [0.1, 0.15) is 5.76 Å². The normalized spacial score (nSPS) is 10.1. The van der Waals surface area contributed by atoms with Gasteiger partial charge in [-0.25, -0.2) is 0 Å². The number of aromatic nitrogens is 1. The van der Waals surface area contributed by atoms with Crippen LogP contribution < -0.4 is 5.32 Å². The van der Waals surface area contributed by atoms with Crippen molar-refractivity contribution in [3.05, 3.63) is 46.8 Å². The third-order valence-electron chi connectivity index (χ3n) is 3.08. The fourth-order valence-electron chi connectivity index (χ4n) is 1.95. The van der Waals surface area contributed by atoms with Crippen LogP contribution >= 0.6 is 0 Å². The fourth-order valence-corrected chi connectivity index (χ4v) is 1.95. The number of nitrogens with one attached hydrogen (secondary N) is 1. The van der Waals surface area contributed by atoms with Crippen molar-refractivity contribution in [2.45, 2.75) is 26.7 Å². The summed E-state index contributed by atoms with van der Waals surface area (Å²) in [6.07, 6.45) is 0.964. The van der Waals surface area contributed by atoms with Crippen LogP contribution in [0.2, 0.25) is 0 Å². The molecule has 102 valence electrons. The van der Waals surface area contributed by atoms with E-state index in [0.29, 0.717) is 24.1 Å². The highest BCUT2D eigenvalue weighted by Crippen LogP contribution is 2.15. The molecule has 0 bridgehead atoms. The van der Waals surface area contributed by atoms with Crippen molar-refractivity contribution >= 4 is 11.6 Å². The van der Waals surface area contributed by atoms with E-state index >= 15 is 0 Å². The van der Waals surface area contributed by atoms with E-state index in [0.717, 1.165) is 17.0 Å². The molecule has 1 aromatic heterocycles. The molecule has 0 saturated carbocycles. The zero-order valence-corrected chi connectivity index (χ0v) is 11.4. The van der Waals surface area contributed by atoms with Crippen molar-refractivity contribution in [1.29, 1.82) is 5.26 Å². The van der Waals surface area contributed by atoms with E-state index in [-0.39, 0.29) is 5.91 Å². The number of aryl methyl sites for hydroxylation is 2. The lowest BCUT2D eigenvalue weighted by Gasteiger charge is -2.05. The number of carbonyl (C=O) groups excluding carboxylic acids is 1. The van der Waals surface area contributed by atoms with Crippen LogP contribution in [0.3, 0.4) is 0 Å². The molecule has 1 amide bonds. The van der Waals surface area contributed by atoms with E-state index < -0.39 is 0 Å². The predicted molar refractivity (Wildman–Crippen MR) is 74.1 cm³/mol. The van der Waals surface area contributed by atoms with E-state index in [4.69, 9.17) is 9.78 Å². The summed E-state index contributed by atoms with van der Waals surface area (Å²) in [4.78, 5) is 11.9. The van der Waals surface area contributed by atoms with Gasteiger partial charge in [-0.1, -0.05) is 5.16 Å². The van der Waals surface area contributed by atoms with Gasteiger partial charge < -0.3 is 9.84 Å². The van der Waals surface area contributed by atoms with Gasteiger partial charge in [-0.2, -0.15) is 5.26 Å². The maximum atomic E-state index is 11.9. The first kappa shape index (κ1) is 13.8. The molecule has 1 heterocycles. The van der Waals surface area contributed by atoms with E-state index in [9.17, 15) is 4.79 Å². The van der Waals surface area contributed by atoms with Gasteiger partial charge in [-0.15, -0.1) is 0 Å². The summed E-state index contributed by atoms with van der Waals surface area (Å²) in [6, 6.07) is 8.80. The SMILES string of the molecule is Cc1noc(C)c1CCC(=O)Nc1ccc(C#N)cc1. The molecule has 1 N–H and O–H groups in total. The highest BCUT2D eigenvalue weighted by molar-refractivity contribution is 5.90. The van der Waals surface area contributed by atoms with E-state index in [1.54, 1.807) is 24.3 Å². The summed E-state index contributed by atoms with van der Waals surface area (Å²) in [5, 5.41) is 15.4. The van der Waals surface area contributed by atoms with Gasteiger partial charge >= 0.3 is 0 Å². The highest BCUT2D eigenvalue weighted by atomic mass is 16.5. The second-order valence-corrected chi connectivity index (χ2v) is 4.54. The van der Waals surface area contributed by atoms with Gasteiger partial charge in [-0.3, -0.25) is 4.79 Å². The van der Waals surface area contributed by atoms with Crippen molar-refractivity contribution in [2.24, 2.45) is 0 Å². The van der Waals surface area contributed by atoms with Gasteiger partial charge in [0.15, 0.2) is 0 Å². The number of rotatable bonds is 4. The van der Waals surface area contributed by atoms with Crippen LogP contribution in [0.25, 0.3) is 0 Å². The molecule has 0 radical (unpaired) electrons. The molecule has 0 unspecified atom stereocenters. The lowest BCUT2D eigenvalue weighted by molar-refractivity contribution is -0.116. The maximum absolute atomic E-state index is 11.9. The largest absolute Gasteiger partial charge is 0.361 e. The van der Waals surface area contributed by atoms with Crippen molar-refractivity contribution in [1.82, 2.24) is 5.16 Å². The van der Waals surface area contributed by atoms with Crippen molar-refractivity contribution in [3.8, 4) is 6.07 Å². The first-order valence-corrected chi connectivity index (χ1v) is 6.32. The molecule has 0 saturated heterocycles. The Kier molecular flexibility index (Phi) is 4.16. The molecule has 0 aliphatic heterocycles. The Labute approximate surface area is 117 Å². The average Bonchev–Trinajstić information content (AvgIpc) is 2.77. The Morgan fingerprint density at radius 1 is 1.35 bits per heavy atom. The minimum Gasteiger partial charge on any atom is -0.361 e. The first-order valence-electron chi connectivity index (χ1n) is 6.32. The molecule has 0 aliphatic carbocycles. The van der Waals surface area contributed by atoms with Crippen LogP contribution in [0.1, 0.15) is 29.0 Å². The van der Waals surface area contributed by atoms with Gasteiger partial charge in [0.25, 0.3) is 0 Å². The molecule has 1 aromatic carbocycles. The van der Waals surface area contributed by atoms with E-state index in [1.165, 1.54) is 0 Å².